The Morgan fingerprint density at radius 1 is 1.42 bits per heavy atom. The number of nitrogens with one attached hydrogen (secondary N) is 1. The molecule has 1 fully saturated rings. The second-order valence-corrected chi connectivity index (χ2v) is 5.40. The molecule has 0 radical (unpaired) electrons. The van der Waals surface area contributed by atoms with E-state index in [1.54, 1.807) is 13.3 Å². The van der Waals surface area contributed by atoms with Crippen molar-refractivity contribution in [3.8, 4) is 5.75 Å². The molecule has 1 aliphatic carbocycles. The number of ether oxygens (including phenoxy) is 1. The number of aromatic nitrogens is 1. The minimum Gasteiger partial charge on any atom is -0.495 e. The highest BCUT2D eigenvalue weighted by molar-refractivity contribution is 5.32. The van der Waals surface area contributed by atoms with Gasteiger partial charge in [0, 0.05) is 11.7 Å². The first-order chi connectivity index (χ1) is 9.15. The highest BCUT2D eigenvalue weighted by Gasteiger charge is 2.45. The van der Waals surface area contributed by atoms with Gasteiger partial charge in [-0.1, -0.05) is 12.8 Å². The van der Waals surface area contributed by atoms with Gasteiger partial charge in [0.05, 0.1) is 13.2 Å². The van der Waals surface area contributed by atoms with Gasteiger partial charge in [-0.2, -0.15) is 0 Å². The molecule has 1 aliphatic rings. The Morgan fingerprint density at radius 3 is 2.63 bits per heavy atom. The van der Waals surface area contributed by atoms with Crippen LogP contribution in [0.5, 0.6) is 5.75 Å². The van der Waals surface area contributed by atoms with Crippen molar-refractivity contribution >= 4 is 0 Å². The maximum Gasteiger partial charge on any atom is 0.142 e. The van der Waals surface area contributed by atoms with E-state index in [2.05, 4.69) is 29.4 Å². The van der Waals surface area contributed by atoms with Crippen LogP contribution in [0, 0.1) is 0 Å². The number of hydrogen-bond donors (Lipinski definition) is 2. The van der Waals surface area contributed by atoms with E-state index in [-0.39, 0.29) is 11.6 Å². The molecule has 0 spiro atoms. The quantitative estimate of drug-likeness (QED) is 0.623. The van der Waals surface area contributed by atoms with Crippen LogP contribution in [-0.4, -0.2) is 36.6 Å². The largest absolute Gasteiger partial charge is 0.495 e. The number of pyridine rings is 1. The third-order valence-electron chi connectivity index (χ3n) is 4.36. The van der Waals surface area contributed by atoms with Gasteiger partial charge in [0.25, 0.3) is 0 Å². The van der Waals surface area contributed by atoms with Crippen LogP contribution in [0.4, 0.5) is 0 Å². The van der Waals surface area contributed by atoms with Gasteiger partial charge in [-0.15, -0.1) is 0 Å². The fourth-order valence-electron chi connectivity index (χ4n) is 3.26. The molecule has 2 rings (SSSR count). The highest BCUT2D eigenvalue weighted by Crippen LogP contribution is 2.44. The van der Waals surface area contributed by atoms with Gasteiger partial charge >= 0.3 is 0 Å². The van der Waals surface area contributed by atoms with Crippen molar-refractivity contribution in [2.24, 2.45) is 5.84 Å². The van der Waals surface area contributed by atoms with E-state index in [0.29, 0.717) is 0 Å². The molecule has 1 unspecified atom stereocenters. The van der Waals surface area contributed by atoms with E-state index in [1.807, 2.05) is 12.1 Å². The normalized spacial score (nSPS) is 19.6. The van der Waals surface area contributed by atoms with E-state index in [4.69, 9.17) is 10.6 Å². The number of nitrogens with two attached hydrogens (primary N) is 1. The number of nitrogens with zero attached hydrogens (tertiary/aromatic N) is 2. The van der Waals surface area contributed by atoms with Gasteiger partial charge in [0.15, 0.2) is 0 Å². The molecular weight excluding hydrogens is 240 g/mol. The smallest absolute Gasteiger partial charge is 0.142 e. The monoisotopic (exact) mass is 264 g/mol. The lowest BCUT2D eigenvalue weighted by molar-refractivity contribution is 0.101. The molecule has 1 heterocycles. The molecule has 1 aromatic rings. The lowest BCUT2D eigenvalue weighted by Crippen LogP contribution is -2.54. The van der Waals surface area contributed by atoms with Crippen LogP contribution in [0.1, 0.15) is 37.4 Å². The number of likely N-dealkylation sites (N-methyl/N-ethyl adjacent to an activating group) is 1. The molecule has 5 nitrogen and oxygen atoms in total. The fraction of sp³-hybridized carbons (Fsp3) is 0.643. The van der Waals surface area contributed by atoms with Crippen LogP contribution in [0.25, 0.3) is 0 Å². The molecule has 106 valence electrons. The van der Waals surface area contributed by atoms with Gasteiger partial charge < -0.3 is 9.64 Å². The van der Waals surface area contributed by atoms with Crippen molar-refractivity contribution in [2.45, 2.75) is 37.3 Å². The van der Waals surface area contributed by atoms with Crippen molar-refractivity contribution in [1.82, 2.24) is 15.3 Å². The van der Waals surface area contributed by atoms with E-state index >= 15 is 0 Å². The lowest BCUT2D eigenvalue weighted by Gasteiger charge is -2.42. The Bertz CT molecular complexity index is 416. The maximum atomic E-state index is 5.86. The molecule has 0 saturated heterocycles. The summed E-state index contributed by atoms with van der Waals surface area (Å²) in [4.78, 5) is 6.77. The average Bonchev–Trinajstić information content (AvgIpc) is 2.91. The summed E-state index contributed by atoms with van der Waals surface area (Å²) < 4.78 is 5.44. The highest BCUT2D eigenvalue weighted by atomic mass is 16.5. The summed E-state index contributed by atoms with van der Waals surface area (Å²) in [6, 6.07) is 3.79. The van der Waals surface area contributed by atoms with Gasteiger partial charge in [-0.25, -0.2) is 5.43 Å². The zero-order valence-electron chi connectivity index (χ0n) is 12.0. The first kappa shape index (κ1) is 14.2. The number of hydrazine groups is 1. The maximum absolute atomic E-state index is 5.86. The summed E-state index contributed by atoms with van der Waals surface area (Å²) in [6.07, 6.45) is 6.49. The van der Waals surface area contributed by atoms with Crippen molar-refractivity contribution in [1.29, 1.82) is 0 Å². The van der Waals surface area contributed by atoms with Gasteiger partial charge in [-0.05, 0) is 39.1 Å². The molecule has 0 bridgehead atoms. The first-order valence-corrected chi connectivity index (χ1v) is 6.78. The molecule has 1 atom stereocenters. The standard InChI is InChI=1S/C14H24N4O/c1-18(2)14(8-4-5-9-14)13(17-15)12-11(19-3)7-6-10-16-12/h6-7,10,13,17H,4-5,8-9,15H2,1-3H3. The Morgan fingerprint density at radius 2 is 2.11 bits per heavy atom. The van der Waals surface area contributed by atoms with Crippen LogP contribution in [0.2, 0.25) is 0 Å². The van der Waals surface area contributed by atoms with Crippen molar-refractivity contribution in [3.05, 3.63) is 24.0 Å². The number of rotatable bonds is 5. The second kappa shape index (κ2) is 5.86. The van der Waals surface area contributed by atoms with Gasteiger partial charge in [-0.3, -0.25) is 10.8 Å². The van der Waals surface area contributed by atoms with E-state index in [1.165, 1.54) is 12.8 Å². The minimum absolute atomic E-state index is 0.0103. The number of hydrogen-bond acceptors (Lipinski definition) is 5. The Balaban J connectivity index is 2.43. The molecular formula is C14H24N4O. The fourth-order valence-corrected chi connectivity index (χ4v) is 3.26. The van der Waals surface area contributed by atoms with Crippen LogP contribution in [0.3, 0.4) is 0 Å². The van der Waals surface area contributed by atoms with Crippen molar-refractivity contribution in [2.75, 3.05) is 21.2 Å². The van der Waals surface area contributed by atoms with Crippen LogP contribution >= 0.6 is 0 Å². The molecule has 1 saturated carbocycles. The first-order valence-electron chi connectivity index (χ1n) is 6.78. The Hall–Kier alpha value is -1.17. The Kier molecular flexibility index (Phi) is 4.39. The summed E-state index contributed by atoms with van der Waals surface area (Å²) >= 11 is 0. The van der Waals surface area contributed by atoms with E-state index < -0.39 is 0 Å². The summed E-state index contributed by atoms with van der Waals surface area (Å²) in [5, 5.41) is 0. The van der Waals surface area contributed by atoms with Crippen LogP contribution in [0.15, 0.2) is 18.3 Å². The molecule has 3 N–H and O–H groups in total. The zero-order chi connectivity index (χ0) is 13.9. The van der Waals surface area contributed by atoms with E-state index in [9.17, 15) is 0 Å². The topological polar surface area (TPSA) is 63.4 Å². The van der Waals surface area contributed by atoms with E-state index in [0.717, 1.165) is 24.3 Å². The molecule has 0 aromatic carbocycles. The summed E-state index contributed by atoms with van der Waals surface area (Å²) in [5.74, 6) is 6.65. The summed E-state index contributed by atoms with van der Waals surface area (Å²) in [5.41, 5.74) is 3.88. The van der Waals surface area contributed by atoms with Gasteiger partial charge in [0.2, 0.25) is 0 Å². The molecule has 1 aromatic heterocycles. The second-order valence-electron chi connectivity index (χ2n) is 5.40. The summed E-state index contributed by atoms with van der Waals surface area (Å²) in [6.45, 7) is 0. The van der Waals surface area contributed by atoms with Crippen molar-refractivity contribution < 1.29 is 4.74 Å². The average molecular weight is 264 g/mol. The zero-order valence-corrected chi connectivity index (χ0v) is 12.0. The van der Waals surface area contributed by atoms with Crippen LogP contribution < -0.4 is 16.0 Å². The number of methoxy groups -OCH3 is 1. The molecule has 5 heteroatoms. The van der Waals surface area contributed by atoms with Gasteiger partial charge in [0.1, 0.15) is 11.4 Å². The molecule has 0 amide bonds. The third kappa shape index (κ3) is 2.45. The van der Waals surface area contributed by atoms with Crippen molar-refractivity contribution in [3.63, 3.8) is 0 Å². The molecule has 19 heavy (non-hydrogen) atoms. The summed E-state index contributed by atoms with van der Waals surface area (Å²) in [7, 11) is 5.90. The third-order valence-corrected chi connectivity index (χ3v) is 4.36. The minimum atomic E-state index is -0.0267. The van der Waals surface area contributed by atoms with Crippen LogP contribution in [-0.2, 0) is 0 Å². The SMILES string of the molecule is COc1cccnc1C(NN)C1(N(C)C)CCCC1. The lowest BCUT2D eigenvalue weighted by atomic mass is 9.84. The molecule has 0 aliphatic heterocycles. The predicted octanol–water partition coefficient (Wildman–Crippen LogP) is 1.47. The predicted molar refractivity (Wildman–Crippen MR) is 75.7 cm³/mol. The Labute approximate surface area is 115 Å².